The van der Waals surface area contributed by atoms with Crippen molar-refractivity contribution in [2.75, 3.05) is 32.0 Å². The second kappa shape index (κ2) is 6.53. The topological polar surface area (TPSA) is 95.7 Å². The van der Waals surface area contributed by atoms with E-state index >= 15 is 0 Å². The van der Waals surface area contributed by atoms with Crippen LogP contribution in [0, 0.1) is 16.0 Å². The number of carboxylic acid groups (broad SMARTS) is 1. The average Bonchev–Trinajstić information content (AvgIpc) is 2.44. The van der Waals surface area contributed by atoms with E-state index in [4.69, 9.17) is 5.11 Å². The first-order valence-electron chi connectivity index (χ1n) is 6.91. The zero-order chi connectivity index (χ0) is 15.4. The van der Waals surface area contributed by atoms with Crippen LogP contribution in [0.2, 0.25) is 0 Å². The molecule has 2 N–H and O–H groups in total. The van der Waals surface area contributed by atoms with Gasteiger partial charge < -0.3 is 15.3 Å². The number of carboxylic acids is 1. The Hall–Kier alpha value is -2.15. The maximum absolute atomic E-state index is 10.9. The number of nitrogens with zero attached hydrogens (tertiary/aromatic N) is 2. The van der Waals surface area contributed by atoms with Gasteiger partial charge in [-0.25, -0.2) is 4.79 Å². The number of piperidine rings is 1. The number of nitrogens with one attached hydrogen (secondary N) is 1. The standard InChI is InChI=1S/C14H19N3O4/c1-16-6-2-3-10(9-16)8-15-11-4-5-12(14(18)19)13(7-11)17(20)21/h4-5,7,10,15H,2-3,6,8-9H2,1H3,(H,18,19). The molecule has 7 heteroatoms. The van der Waals surface area contributed by atoms with Crippen LogP contribution in [0.3, 0.4) is 0 Å². The molecule has 1 saturated heterocycles. The summed E-state index contributed by atoms with van der Waals surface area (Å²) < 4.78 is 0. The number of carbonyl (C=O) groups is 1. The fraction of sp³-hybridized carbons (Fsp3) is 0.500. The predicted octanol–water partition coefficient (Wildman–Crippen LogP) is 2.05. The van der Waals surface area contributed by atoms with Crippen LogP contribution >= 0.6 is 0 Å². The Morgan fingerprint density at radius 3 is 2.95 bits per heavy atom. The molecule has 1 aromatic rings. The number of rotatable bonds is 5. The van der Waals surface area contributed by atoms with E-state index in [2.05, 4.69) is 17.3 Å². The van der Waals surface area contributed by atoms with E-state index in [0.717, 1.165) is 32.5 Å². The van der Waals surface area contributed by atoms with Crippen LogP contribution in [0.15, 0.2) is 18.2 Å². The van der Waals surface area contributed by atoms with Crippen LogP contribution < -0.4 is 5.32 Å². The third-order valence-electron chi connectivity index (χ3n) is 3.74. The number of hydrogen-bond donors (Lipinski definition) is 2. The van der Waals surface area contributed by atoms with Crippen molar-refractivity contribution in [2.45, 2.75) is 12.8 Å². The molecule has 21 heavy (non-hydrogen) atoms. The monoisotopic (exact) mass is 293 g/mol. The Balaban J connectivity index is 2.05. The van der Waals surface area contributed by atoms with Gasteiger partial charge in [-0.3, -0.25) is 10.1 Å². The molecule has 0 bridgehead atoms. The number of nitro groups is 1. The fourth-order valence-corrected chi connectivity index (χ4v) is 2.68. The molecule has 1 aliphatic rings. The average molecular weight is 293 g/mol. The molecule has 1 fully saturated rings. The van der Waals surface area contributed by atoms with Crippen LogP contribution in [0.4, 0.5) is 11.4 Å². The minimum Gasteiger partial charge on any atom is -0.477 e. The molecule has 1 unspecified atom stereocenters. The minimum absolute atomic E-state index is 0.289. The molecule has 7 nitrogen and oxygen atoms in total. The summed E-state index contributed by atoms with van der Waals surface area (Å²) in [5.41, 5.74) is -0.0869. The van der Waals surface area contributed by atoms with Crippen molar-refractivity contribution in [3.63, 3.8) is 0 Å². The van der Waals surface area contributed by atoms with E-state index in [0.29, 0.717) is 11.6 Å². The molecule has 2 rings (SSSR count). The third kappa shape index (κ3) is 3.91. The molecule has 0 saturated carbocycles. The van der Waals surface area contributed by atoms with Gasteiger partial charge in [0.1, 0.15) is 5.56 Å². The first-order chi connectivity index (χ1) is 9.97. The van der Waals surface area contributed by atoms with Crippen molar-refractivity contribution >= 4 is 17.3 Å². The lowest BCUT2D eigenvalue weighted by molar-refractivity contribution is -0.385. The molecule has 0 spiro atoms. The van der Waals surface area contributed by atoms with Crippen LogP contribution in [-0.4, -0.2) is 47.6 Å². The van der Waals surface area contributed by atoms with Crippen LogP contribution in [0.1, 0.15) is 23.2 Å². The van der Waals surface area contributed by atoms with E-state index in [1.54, 1.807) is 6.07 Å². The lowest BCUT2D eigenvalue weighted by Crippen LogP contribution is -2.35. The Bertz CT molecular complexity index is 547. The molecule has 1 atom stereocenters. The molecule has 1 aromatic carbocycles. The largest absolute Gasteiger partial charge is 0.477 e. The second-order valence-corrected chi connectivity index (χ2v) is 5.45. The number of aromatic carboxylic acids is 1. The Morgan fingerprint density at radius 1 is 1.57 bits per heavy atom. The van der Waals surface area contributed by atoms with E-state index in [9.17, 15) is 14.9 Å². The summed E-state index contributed by atoms with van der Waals surface area (Å²) in [6.07, 6.45) is 2.29. The third-order valence-corrected chi connectivity index (χ3v) is 3.74. The highest BCUT2D eigenvalue weighted by Crippen LogP contribution is 2.24. The van der Waals surface area contributed by atoms with Crippen molar-refractivity contribution in [3.05, 3.63) is 33.9 Å². The summed E-state index contributed by atoms with van der Waals surface area (Å²) in [5.74, 6) is -0.788. The summed E-state index contributed by atoms with van der Waals surface area (Å²) in [6.45, 7) is 2.84. The molecule has 114 valence electrons. The summed E-state index contributed by atoms with van der Waals surface area (Å²) in [6, 6.07) is 4.13. The van der Waals surface area contributed by atoms with Crippen molar-refractivity contribution in [1.29, 1.82) is 0 Å². The first-order valence-corrected chi connectivity index (χ1v) is 6.91. The number of benzene rings is 1. The van der Waals surface area contributed by atoms with E-state index in [1.807, 2.05) is 0 Å². The van der Waals surface area contributed by atoms with Gasteiger partial charge in [-0.05, 0) is 44.5 Å². The summed E-state index contributed by atoms with van der Waals surface area (Å²) >= 11 is 0. The number of hydrogen-bond acceptors (Lipinski definition) is 5. The number of likely N-dealkylation sites (tertiary alicyclic amines) is 1. The fourth-order valence-electron chi connectivity index (χ4n) is 2.68. The smallest absolute Gasteiger partial charge is 0.342 e. The van der Waals surface area contributed by atoms with Gasteiger partial charge in [0.2, 0.25) is 0 Å². The van der Waals surface area contributed by atoms with Gasteiger partial charge in [-0.2, -0.15) is 0 Å². The maximum atomic E-state index is 10.9. The van der Waals surface area contributed by atoms with Crippen molar-refractivity contribution in [1.82, 2.24) is 4.90 Å². The molecular formula is C14H19N3O4. The normalized spacial score (nSPS) is 19.2. The van der Waals surface area contributed by atoms with Crippen molar-refractivity contribution < 1.29 is 14.8 Å². The van der Waals surface area contributed by atoms with Gasteiger partial charge in [-0.1, -0.05) is 0 Å². The highest BCUT2D eigenvalue weighted by Gasteiger charge is 2.21. The minimum atomic E-state index is -1.29. The van der Waals surface area contributed by atoms with Crippen molar-refractivity contribution in [2.24, 2.45) is 5.92 Å². The predicted molar refractivity (Wildman–Crippen MR) is 78.8 cm³/mol. The first kappa shape index (κ1) is 15.2. The molecule has 1 aliphatic heterocycles. The van der Waals surface area contributed by atoms with E-state index in [-0.39, 0.29) is 11.3 Å². The maximum Gasteiger partial charge on any atom is 0.342 e. The van der Waals surface area contributed by atoms with E-state index in [1.165, 1.54) is 12.1 Å². The van der Waals surface area contributed by atoms with Crippen LogP contribution in [0.5, 0.6) is 0 Å². The highest BCUT2D eigenvalue weighted by atomic mass is 16.6. The Labute approximate surface area is 122 Å². The van der Waals surface area contributed by atoms with Gasteiger partial charge in [0, 0.05) is 24.8 Å². The van der Waals surface area contributed by atoms with Crippen molar-refractivity contribution in [3.8, 4) is 0 Å². The number of anilines is 1. The van der Waals surface area contributed by atoms with Gasteiger partial charge in [0.05, 0.1) is 4.92 Å². The molecule has 0 radical (unpaired) electrons. The van der Waals surface area contributed by atoms with Gasteiger partial charge in [0.25, 0.3) is 5.69 Å². The zero-order valence-corrected chi connectivity index (χ0v) is 11.9. The molecule has 0 aromatic heterocycles. The summed E-state index contributed by atoms with van der Waals surface area (Å²) in [5, 5.41) is 23.0. The summed E-state index contributed by atoms with van der Waals surface area (Å²) in [7, 11) is 2.08. The van der Waals surface area contributed by atoms with Crippen LogP contribution in [-0.2, 0) is 0 Å². The van der Waals surface area contributed by atoms with Gasteiger partial charge in [-0.15, -0.1) is 0 Å². The molecule has 0 aliphatic carbocycles. The molecule has 1 heterocycles. The quantitative estimate of drug-likeness (QED) is 0.637. The summed E-state index contributed by atoms with van der Waals surface area (Å²) in [4.78, 5) is 23.5. The van der Waals surface area contributed by atoms with Crippen LogP contribution in [0.25, 0.3) is 0 Å². The lowest BCUT2D eigenvalue weighted by Gasteiger charge is -2.29. The Kier molecular flexibility index (Phi) is 4.74. The highest BCUT2D eigenvalue weighted by molar-refractivity contribution is 5.93. The van der Waals surface area contributed by atoms with Gasteiger partial charge >= 0.3 is 5.97 Å². The SMILES string of the molecule is CN1CCCC(CNc2ccc(C(=O)O)c([N+](=O)[O-])c2)C1. The van der Waals surface area contributed by atoms with E-state index < -0.39 is 10.9 Å². The van der Waals surface area contributed by atoms with Gasteiger partial charge in [0.15, 0.2) is 0 Å². The molecule has 0 amide bonds. The number of nitro benzene ring substituents is 1. The lowest BCUT2D eigenvalue weighted by atomic mass is 9.98. The Morgan fingerprint density at radius 2 is 2.33 bits per heavy atom. The zero-order valence-electron chi connectivity index (χ0n) is 11.9. The molecular weight excluding hydrogens is 274 g/mol. The second-order valence-electron chi connectivity index (χ2n) is 5.45.